The SMILES string of the molecule is NC(=O)c1ccccc1C(=O)c1cccc2ccccc12. The molecule has 3 nitrogen and oxygen atoms in total. The summed E-state index contributed by atoms with van der Waals surface area (Å²) in [5, 5.41) is 1.85. The van der Waals surface area contributed by atoms with Gasteiger partial charge in [0.2, 0.25) is 5.91 Å². The largest absolute Gasteiger partial charge is 0.366 e. The molecule has 0 saturated carbocycles. The molecule has 3 aromatic rings. The minimum absolute atomic E-state index is 0.193. The third-order valence-corrected chi connectivity index (χ3v) is 3.47. The first kappa shape index (κ1) is 13.1. The quantitative estimate of drug-likeness (QED) is 0.746. The number of ketones is 1. The van der Waals surface area contributed by atoms with Gasteiger partial charge in [-0.1, -0.05) is 60.7 Å². The number of benzene rings is 3. The maximum absolute atomic E-state index is 12.8. The number of carbonyl (C=O) groups excluding carboxylic acids is 2. The Hall–Kier alpha value is -2.94. The van der Waals surface area contributed by atoms with Crippen LogP contribution < -0.4 is 5.73 Å². The molecule has 21 heavy (non-hydrogen) atoms. The summed E-state index contributed by atoms with van der Waals surface area (Å²) in [6.07, 6.45) is 0. The summed E-state index contributed by atoms with van der Waals surface area (Å²) in [7, 11) is 0. The van der Waals surface area contributed by atoms with Gasteiger partial charge < -0.3 is 5.73 Å². The van der Waals surface area contributed by atoms with Gasteiger partial charge in [-0.05, 0) is 16.8 Å². The fraction of sp³-hybridized carbons (Fsp3) is 0. The van der Waals surface area contributed by atoms with Gasteiger partial charge in [-0.2, -0.15) is 0 Å². The van der Waals surface area contributed by atoms with Crippen molar-refractivity contribution in [3.05, 3.63) is 83.4 Å². The molecule has 0 unspecified atom stereocenters. The highest BCUT2D eigenvalue weighted by molar-refractivity contribution is 6.20. The van der Waals surface area contributed by atoms with Crippen LogP contribution in [0.1, 0.15) is 26.3 Å². The zero-order valence-corrected chi connectivity index (χ0v) is 11.2. The average molecular weight is 275 g/mol. The molecule has 0 bridgehead atoms. The Bertz CT molecular complexity index is 847. The molecule has 102 valence electrons. The van der Waals surface area contributed by atoms with Gasteiger partial charge in [-0.15, -0.1) is 0 Å². The van der Waals surface area contributed by atoms with E-state index in [1.165, 1.54) is 0 Å². The normalized spacial score (nSPS) is 10.5. The number of amides is 1. The second kappa shape index (κ2) is 5.21. The van der Waals surface area contributed by atoms with Gasteiger partial charge in [0.25, 0.3) is 0 Å². The molecule has 2 N–H and O–H groups in total. The van der Waals surface area contributed by atoms with Gasteiger partial charge in [0, 0.05) is 11.1 Å². The maximum Gasteiger partial charge on any atom is 0.249 e. The Balaban J connectivity index is 2.20. The predicted octanol–water partition coefficient (Wildman–Crippen LogP) is 3.17. The topological polar surface area (TPSA) is 60.2 Å². The van der Waals surface area contributed by atoms with E-state index in [1.54, 1.807) is 30.3 Å². The van der Waals surface area contributed by atoms with Crippen LogP contribution in [0, 0.1) is 0 Å². The van der Waals surface area contributed by atoms with Crippen molar-refractivity contribution in [1.29, 1.82) is 0 Å². The number of primary amides is 1. The number of rotatable bonds is 3. The number of carbonyl (C=O) groups is 2. The summed E-state index contributed by atoms with van der Waals surface area (Å²) in [5.41, 5.74) is 6.50. The van der Waals surface area contributed by atoms with Crippen LogP contribution in [-0.4, -0.2) is 11.7 Å². The van der Waals surface area contributed by atoms with E-state index in [0.717, 1.165) is 10.8 Å². The highest BCUT2D eigenvalue weighted by atomic mass is 16.1. The molecule has 0 spiro atoms. The second-order valence-electron chi connectivity index (χ2n) is 4.77. The van der Waals surface area contributed by atoms with Crippen LogP contribution >= 0.6 is 0 Å². The van der Waals surface area contributed by atoms with E-state index in [0.29, 0.717) is 11.1 Å². The van der Waals surface area contributed by atoms with Gasteiger partial charge >= 0.3 is 0 Å². The molecule has 0 saturated heterocycles. The van der Waals surface area contributed by atoms with Gasteiger partial charge in [0.05, 0.1) is 5.56 Å². The Morgan fingerprint density at radius 1 is 0.667 bits per heavy atom. The van der Waals surface area contributed by atoms with Crippen molar-refractivity contribution < 1.29 is 9.59 Å². The van der Waals surface area contributed by atoms with Gasteiger partial charge in [0.15, 0.2) is 5.78 Å². The zero-order valence-electron chi connectivity index (χ0n) is 11.2. The number of fused-ring (bicyclic) bond motifs is 1. The summed E-state index contributed by atoms with van der Waals surface area (Å²) < 4.78 is 0. The first-order chi connectivity index (χ1) is 10.2. The Morgan fingerprint density at radius 3 is 2.00 bits per heavy atom. The van der Waals surface area contributed by atoms with E-state index in [4.69, 9.17) is 5.73 Å². The van der Waals surface area contributed by atoms with E-state index in [9.17, 15) is 9.59 Å². The smallest absolute Gasteiger partial charge is 0.249 e. The average Bonchev–Trinajstić information content (AvgIpc) is 2.53. The van der Waals surface area contributed by atoms with Crippen molar-refractivity contribution in [3.8, 4) is 0 Å². The Kier molecular flexibility index (Phi) is 3.24. The van der Waals surface area contributed by atoms with Crippen LogP contribution in [-0.2, 0) is 0 Å². The number of hydrogen-bond donors (Lipinski definition) is 1. The van der Waals surface area contributed by atoms with E-state index in [-0.39, 0.29) is 11.3 Å². The van der Waals surface area contributed by atoms with Crippen LogP contribution in [0.4, 0.5) is 0 Å². The van der Waals surface area contributed by atoms with E-state index < -0.39 is 5.91 Å². The molecular formula is C18H13NO2. The third-order valence-electron chi connectivity index (χ3n) is 3.47. The fourth-order valence-electron chi connectivity index (χ4n) is 2.46. The molecule has 0 aromatic heterocycles. The predicted molar refractivity (Wildman–Crippen MR) is 82.3 cm³/mol. The van der Waals surface area contributed by atoms with Crippen molar-refractivity contribution in [1.82, 2.24) is 0 Å². The lowest BCUT2D eigenvalue weighted by Gasteiger charge is -2.08. The summed E-state index contributed by atoms with van der Waals surface area (Å²) in [4.78, 5) is 24.3. The van der Waals surface area contributed by atoms with Crippen molar-refractivity contribution in [2.24, 2.45) is 5.73 Å². The van der Waals surface area contributed by atoms with Crippen molar-refractivity contribution in [3.63, 3.8) is 0 Å². The third kappa shape index (κ3) is 2.30. The molecule has 0 heterocycles. The summed E-state index contributed by atoms with van der Waals surface area (Å²) >= 11 is 0. The fourth-order valence-corrected chi connectivity index (χ4v) is 2.46. The molecule has 1 amide bonds. The molecule has 0 fully saturated rings. The molecule has 3 rings (SSSR count). The lowest BCUT2D eigenvalue weighted by atomic mass is 9.94. The van der Waals surface area contributed by atoms with Crippen LogP contribution in [0.15, 0.2) is 66.7 Å². The molecule has 0 aliphatic carbocycles. The molecule has 0 atom stereocenters. The molecule has 0 radical (unpaired) electrons. The van der Waals surface area contributed by atoms with Crippen LogP contribution in [0.25, 0.3) is 10.8 Å². The van der Waals surface area contributed by atoms with Crippen molar-refractivity contribution in [2.75, 3.05) is 0 Å². The molecule has 0 aliphatic rings. The Labute approximate surface area is 122 Å². The molecule has 3 heteroatoms. The standard InChI is InChI=1S/C18H13NO2/c19-18(21)16-10-4-3-9-15(16)17(20)14-11-5-7-12-6-1-2-8-13(12)14/h1-11H,(H2,19,21). The highest BCUT2D eigenvalue weighted by Gasteiger charge is 2.17. The van der Waals surface area contributed by atoms with Crippen molar-refractivity contribution >= 4 is 22.5 Å². The number of nitrogens with two attached hydrogens (primary N) is 1. The number of hydrogen-bond acceptors (Lipinski definition) is 2. The van der Waals surface area contributed by atoms with Crippen molar-refractivity contribution in [2.45, 2.75) is 0 Å². The van der Waals surface area contributed by atoms with Gasteiger partial charge in [-0.25, -0.2) is 0 Å². The molecular weight excluding hydrogens is 262 g/mol. The zero-order chi connectivity index (χ0) is 14.8. The minimum Gasteiger partial charge on any atom is -0.366 e. The monoisotopic (exact) mass is 275 g/mol. The summed E-state index contributed by atoms with van der Waals surface area (Å²) in [6, 6.07) is 19.8. The highest BCUT2D eigenvalue weighted by Crippen LogP contribution is 2.22. The molecule has 3 aromatic carbocycles. The van der Waals surface area contributed by atoms with Crippen LogP contribution in [0.3, 0.4) is 0 Å². The van der Waals surface area contributed by atoms with Gasteiger partial charge in [-0.3, -0.25) is 9.59 Å². The van der Waals surface area contributed by atoms with Crippen LogP contribution in [0.5, 0.6) is 0 Å². The summed E-state index contributed by atoms with van der Waals surface area (Å²) in [5.74, 6) is -0.791. The first-order valence-electron chi connectivity index (χ1n) is 6.60. The van der Waals surface area contributed by atoms with Gasteiger partial charge in [0.1, 0.15) is 0 Å². The van der Waals surface area contributed by atoms with E-state index in [2.05, 4.69) is 0 Å². The lowest BCUT2D eigenvalue weighted by Crippen LogP contribution is -2.16. The summed E-state index contributed by atoms with van der Waals surface area (Å²) in [6.45, 7) is 0. The van der Waals surface area contributed by atoms with Crippen LogP contribution in [0.2, 0.25) is 0 Å². The molecule has 0 aliphatic heterocycles. The second-order valence-corrected chi connectivity index (χ2v) is 4.77. The van der Waals surface area contributed by atoms with E-state index >= 15 is 0 Å². The first-order valence-corrected chi connectivity index (χ1v) is 6.60. The van der Waals surface area contributed by atoms with E-state index in [1.807, 2.05) is 36.4 Å². The maximum atomic E-state index is 12.8. The minimum atomic E-state index is -0.598. The Morgan fingerprint density at radius 2 is 1.24 bits per heavy atom. The lowest BCUT2D eigenvalue weighted by molar-refractivity contribution is 0.0981.